The molecule has 0 spiro atoms. The molecule has 156 valence electrons. The third-order valence-corrected chi connectivity index (χ3v) is 6.20. The minimum Gasteiger partial charge on any atom is -0.444 e. The van der Waals surface area contributed by atoms with Crippen LogP contribution in [0.4, 0.5) is 4.79 Å². The lowest BCUT2D eigenvalue weighted by Gasteiger charge is -2.26. The number of nitrogens with zero attached hydrogens (tertiary/aromatic N) is 2. The molecule has 28 heavy (non-hydrogen) atoms. The number of thioether (sulfide) groups is 1. The fourth-order valence-corrected chi connectivity index (χ4v) is 4.50. The Hall–Kier alpha value is -1.40. The quantitative estimate of drug-likeness (QED) is 0.508. The highest BCUT2D eigenvalue weighted by Gasteiger charge is 2.25. The van der Waals surface area contributed by atoms with Gasteiger partial charge in [-0.15, -0.1) is 11.8 Å². The number of rotatable bonds is 5. The van der Waals surface area contributed by atoms with E-state index in [4.69, 9.17) is 16.3 Å². The number of hydrogen-bond acceptors (Lipinski definition) is 4. The lowest BCUT2D eigenvalue weighted by molar-refractivity contribution is -0.128. The third-order valence-electron chi connectivity index (χ3n) is 4.52. The van der Waals surface area contributed by atoms with E-state index in [1.54, 1.807) is 35.7 Å². The molecule has 2 rings (SSSR count). The minimum atomic E-state index is -0.495. The molecular weight excluding hydrogens is 396 g/mol. The van der Waals surface area contributed by atoms with Crippen molar-refractivity contribution in [2.45, 2.75) is 57.0 Å². The van der Waals surface area contributed by atoms with Crippen LogP contribution in [0.2, 0.25) is 5.02 Å². The van der Waals surface area contributed by atoms with Gasteiger partial charge in [0.25, 0.3) is 0 Å². The molecule has 0 unspecified atom stereocenters. The maximum atomic E-state index is 12.4. The van der Waals surface area contributed by atoms with Crippen LogP contribution >= 0.6 is 23.4 Å². The van der Waals surface area contributed by atoms with Gasteiger partial charge in [-0.05, 0) is 63.0 Å². The zero-order chi connectivity index (χ0) is 20.9. The van der Waals surface area contributed by atoms with Gasteiger partial charge in [0.05, 0.1) is 5.02 Å². The lowest BCUT2D eigenvalue weighted by Crippen LogP contribution is -2.38. The Bertz CT molecular complexity index is 716. The van der Waals surface area contributed by atoms with Crippen LogP contribution < -0.4 is 0 Å². The fraction of sp³-hybridized carbons (Fsp3) is 0.619. The van der Waals surface area contributed by atoms with E-state index in [1.165, 1.54) is 11.1 Å². The van der Waals surface area contributed by atoms with Crippen LogP contribution in [-0.2, 0) is 22.4 Å². The second-order valence-corrected chi connectivity index (χ2v) is 9.73. The van der Waals surface area contributed by atoms with Gasteiger partial charge in [0.2, 0.25) is 5.91 Å². The van der Waals surface area contributed by atoms with Crippen LogP contribution in [-0.4, -0.2) is 60.3 Å². The molecule has 0 aromatic heterocycles. The molecule has 1 aliphatic rings. The average molecular weight is 427 g/mol. The second kappa shape index (κ2) is 9.88. The maximum Gasteiger partial charge on any atom is 0.410 e. The molecule has 2 amide bonds. The molecule has 0 saturated heterocycles. The zero-order valence-corrected chi connectivity index (χ0v) is 19.1. The highest BCUT2D eigenvalue weighted by molar-refractivity contribution is 7.99. The molecule has 0 atom stereocenters. The van der Waals surface area contributed by atoms with Gasteiger partial charge in [0, 0.05) is 38.5 Å². The van der Waals surface area contributed by atoms with Gasteiger partial charge >= 0.3 is 6.09 Å². The summed E-state index contributed by atoms with van der Waals surface area (Å²) in [5, 5.41) is 0.744. The van der Waals surface area contributed by atoms with E-state index < -0.39 is 5.60 Å². The van der Waals surface area contributed by atoms with Crippen molar-refractivity contribution in [3.05, 3.63) is 28.3 Å². The predicted molar refractivity (Wildman–Crippen MR) is 115 cm³/mol. The summed E-state index contributed by atoms with van der Waals surface area (Å²) in [6.07, 6.45) is 2.64. The molecule has 5 nitrogen and oxygen atoms in total. The van der Waals surface area contributed by atoms with Crippen molar-refractivity contribution in [2.75, 3.05) is 32.9 Å². The van der Waals surface area contributed by atoms with Crippen LogP contribution in [0.1, 0.15) is 44.7 Å². The lowest BCUT2D eigenvalue weighted by atomic mass is 10.0. The number of ether oxygens (including phenoxy) is 1. The summed E-state index contributed by atoms with van der Waals surface area (Å²) in [5.41, 5.74) is 1.97. The summed E-state index contributed by atoms with van der Waals surface area (Å²) in [6.45, 7) is 6.91. The van der Waals surface area contributed by atoms with E-state index in [-0.39, 0.29) is 12.0 Å². The average Bonchev–Trinajstić information content (AvgIpc) is 2.81. The van der Waals surface area contributed by atoms with Crippen molar-refractivity contribution >= 4 is 35.4 Å². The molecular formula is C21H31ClN2O3S. The second-order valence-electron chi connectivity index (χ2n) is 8.22. The predicted octanol–water partition coefficient (Wildman–Crippen LogP) is 4.64. The largest absolute Gasteiger partial charge is 0.444 e. The van der Waals surface area contributed by atoms with Crippen LogP contribution in [0.5, 0.6) is 0 Å². The Morgan fingerprint density at radius 1 is 1.21 bits per heavy atom. The molecule has 1 aromatic carbocycles. The van der Waals surface area contributed by atoms with E-state index in [1.807, 2.05) is 26.8 Å². The zero-order valence-electron chi connectivity index (χ0n) is 17.5. The van der Waals surface area contributed by atoms with Crippen molar-refractivity contribution in [3.63, 3.8) is 0 Å². The van der Waals surface area contributed by atoms with Gasteiger partial charge in [-0.3, -0.25) is 4.79 Å². The van der Waals surface area contributed by atoms with E-state index in [9.17, 15) is 9.59 Å². The number of amides is 2. The Labute approximate surface area is 177 Å². The number of carbonyl (C=O) groups is 2. The van der Waals surface area contributed by atoms with Crippen LogP contribution in [0.25, 0.3) is 0 Å². The van der Waals surface area contributed by atoms with Crippen molar-refractivity contribution in [1.82, 2.24) is 9.80 Å². The minimum absolute atomic E-state index is 0.145. The fourth-order valence-electron chi connectivity index (χ4n) is 3.05. The molecule has 7 heteroatoms. The van der Waals surface area contributed by atoms with E-state index in [0.29, 0.717) is 19.5 Å². The summed E-state index contributed by atoms with van der Waals surface area (Å²) in [6, 6.07) is 4.01. The number of hydrogen-bond donors (Lipinski definition) is 0. The monoisotopic (exact) mass is 426 g/mol. The third kappa shape index (κ3) is 6.59. The molecule has 0 saturated carbocycles. The summed E-state index contributed by atoms with van der Waals surface area (Å²) >= 11 is 8.20. The molecule has 0 radical (unpaired) electrons. The van der Waals surface area contributed by atoms with Gasteiger partial charge in [-0.1, -0.05) is 17.7 Å². The van der Waals surface area contributed by atoms with Crippen LogP contribution in [0, 0.1) is 0 Å². The van der Waals surface area contributed by atoms with Crippen molar-refractivity contribution in [2.24, 2.45) is 0 Å². The van der Waals surface area contributed by atoms with Gasteiger partial charge in [-0.2, -0.15) is 0 Å². The van der Waals surface area contributed by atoms with Gasteiger partial charge in [0.15, 0.2) is 0 Å². The molecule has 0 aliphatic carbocycles. The first kappa shape index (κ1) is 22.9. The summed E-state index contributed by atoms with van der Waals surface area (Å²) < 4.78 is 5.53. The number of carbonyl (C=O) groups excluding carboxylic acids is 2. The first-order valence-corrected chi connectivity index (χ1v) is 11.1. The Kier molecular flexibility index (Phi) is 8.07. The summed E-state index contributed by atoms with van der Waals surface area (Å²) in [5.74, 6) is 0.984. The molecule has 1 aliphatic heterocycles. The summed E-state index contributed by atoms with van der Waals surface area (Å²) in [4.78, 5) is 28.7. The molecule has 0 fully saturated rings. The Morgan fingerprint density at radius 2 is 1.89 bits per heavy atom. The number of fused-ring (bicyclic) bond motifs is 1. The molecule has 0 bridgehead atoms. The van der Waals surface area contributed by atoms with E-state index in [2.05, 4.69) is 6.07 Å². The van der Waals surface area contributed by atoms with Gasteiger partial charge in [0.1, 0.15) is 5.60 Å². The smallest absolute Gasteiger partial charge is 0.410 e. The Balaban J connectivity index is 2.03. The Morgan fingerprint density at radius 3 is 2.54 bits per heavy atom. The first-order valence-electron chi connectivity index (χ1n) is 9.69. The van der Waals surface area contributed by atoms with Crippen molar-refractivity contribution < 1.29 is 14.3 Å². The topological polar surface area (TPSA) is 49.9 Å². The van der Waals surface area contributed by atoms with Gasteiger partial charge in [-0.25, -0.2) is 4.79 Å². The van der Waals surface area contributed by atoms with Crippen LogP contribution in [0.15, 0.2) is 17.0 Å². The summed E-state index contributed by atoms with van der Waals surface area (Å²) in [7, 11) is 3.56. The highest BCUT2D eigenvalue weighted by Crippen LogP contribution is 2.35. The van der Waals surface area contributed by atoms with Crippen molar-refractivity contribution in [1.29, 1.82) is 0 Å². The van der Waals surface area contributed by atoms with Crippen molar-refractivity contribution in [3.8, 4) is 0 Å². The maximum absolute atomic E-state index is 12.4. The standard InChI is InChI=1S/C21H31ClN2O3S/c1-21(2,3)27-20(26)24-12-10-15-8-9-17(22)19(16(15)11-13-24)28-14-6-7-18(25)23(4)5/h8-9H,6-7,10-14H2,1-5H3. The highest BCUT2D eigenvalue weighted by atomic mass is 35.5. The normalized spacial score (nSPS) is 14.3. The van der Waals surface area contributed by atoms with Gasteiger partial charge < -0.3 is 14.5 Å². The first-order chi connectivity index (χ1) is 13.1. The van der Waals surface area contributed by atoms with Crippen LogP contribution in [0.3, 0.4) is 0 Å². The molecule has 0 N–H and O–H groups in total. The van der Waals surface area contributed by atoms with E-state index in [0.717, 1.165) is 34.9 Å². The number of benzene rings is 1. The molecule has 1 aromatic rings. The van der Waals surface area contributed by atoms with E-state index >= 15 is 0 Å². The SMILES string of the molecule is CN(C)C(=O)CCCSc1c(Cl)ccc2c1CCN(C(=O)OC(C)(C)C)CC2. The number of halogens is 1. The molecule has 1 heterocycles.